The summed E-state index contributed by atoms with van der Waals surface area (Å²) in [5.74, 6) is 1.15. The quantitative estimate of drug-likeness (QED) is 0.0240. The predicted molar refractivity (Wildman–Crippen MR) is 526 cm³/mol. The van der Waals surface area contributed by atoms with Gasteiger partial charge in [-0.3, -0.25) is 43.2 Å². The van der Waals surface area contributed by atoms with E-state index in [2.05, 4.69) is 145 Å². The van der Waals surface area contributed by atoms with Crippen molar-refractivity contribution in [3.05, 3.63) is 114 Å². The first-order valence-electron chi connectivity index (χ1n) is 47.5. The minimum absolute atomic E-state index is 0.00566. The third kappa shape index (κ3) is 23.9. The lowest BCUT2D eigenvalue weighted by molar-refractivity contribution is -0.133. The van der Waals surface area contributed by atoms with Crippen LogP contribution in [0, 0.1) is 27.7 Å². The highest BCUT2D eigenvalue weighted by atomic mass is 32.1. The van der Waals surface area contributed by atoms with Gasteiger partial charge in [-0.15, -0.1) is 45.3 Å². The number of hydrogen-bond acceptors (Lipinski definition) is 28. The molecule has 722 valence electrons. The molecule has 37 heteroatoms. The summed E-state index contributed by atoms with van der Waals surface area (Å²) in [6, 6.07) is 8.49. The molecule has 13 heterocycles. The summed E-state index contributed by atoms with van der Waals surface area (Å²) in [6.45, 7) is 40.2. The topological polar surface area (TPSA) is 430 Å². The zero-order valence-electron chi connectivity index (χ0n) is 80.4. The second-order valence-electron chi connectivity index (χ2n) is 38.3. The Morgan fingerprint density at radius 2 is 0.649 bits per heavy atom. The fourth-order valence-electron chi connectivity index (χ4n) is 17.1. The van der Waals surface area contributed by atoms with E-state index in [-0.39, 0.29) is 127 Å². The van der Waals surface area contributed by atoms with Crippen molar-refractivity contribution in [1.82, 2.24) is 85.6 Å². The lowest BCUT2D eigenvalue weighted by atomic mass is 9.89. The minimum atomic E-state index is -0.519. The molecule has 0 bridgehead atoms. The van der Waals surface area contributed by atoms with Crippen LogP contribution in [0.4, 0.5) is 23.3 Å². The molecule has 13 atom stereocenters. The van der Waals surface area contributed by atoms with Gasteiger partial charge in [0, 0.05) is 141 Å². The third-order valence-corrected chi connectivity index (χ3v) is 31.0. The van der Waals surface area contributed by atoms with E-state index in [9.17, 15) is 58.5 Å². The van der Waals surface area contributed by atoms with Gasteiger partial charge in [0.1, 0.15) is 46.0 Å². The Labute approximate surface area is 801 Å². The Morgan fingerprint density at radius 3 is 0.858 bits per heavy atom. The number of aliphatic hydroxyl groups is 3. The van der Waals surface area contributed by atoms with Gasteiger partial charge < -0.3 is 82.4 Å². The number of anilines is 4. The van der Waals surface area contributed by atoms with Gasteiger partial charge in [0.05, 0.1) is 62.0 Å². The number of rotatable bonds is 26. The molecule has 8 fully saturated rings. The highest BCUT2D eigenvalue weighted by Crippen LogP contribution is 2.42. The molecule has 0 unspecified atom stereocenters. The summed E-state index contributed by atoms with van der Waals surface area (Å²) in [6.07, 6.45) is 20.4. The summed E-state index contributed by atoms with van der Waals surface area (Å²) in [7, 11) is 0. The number of hydrogen-bond donors (Lipinski definition) is 11. The fraction of sp³-hybridized carbons (Fsp3) is 0.577. The summed E-state index contributed by atoms with van der Waals surface area (Å²) < 4.78 is 0. The molecule has 16 rings (SSSR count). The molecule has 11 N–H and O–H groups in total. The number of aliphatic hydroxyl groups excluding tert-OH is 3. The second-order valence-corrected chi connectivity index (χ2v) is 42.3. The number of likely N-dealkylation sites (tertiary alicyclic amines) is 5. The molecule has 8 aromatic heterocycles. The number of aromatic nitrogens is 8. The normalized spacial score (nSPS) is 21.9. The van der Waals surface area contributed by atoms with Gasteiger partial charge in [-0.2, -0.15) is 0 Å². The van der Waals surface area contributed by atoms with Gasteiger partial charge in [0.15, 0.2) is 20.0 Å². The lowest BCUT2D eigenvalue weighted by Crippen LogP contribution is -2.60. The maximum absolute atomic E-state index is 13.5. The van der Waals surface area contributed by atoms with Gasteiger partial charge in [0.25, 0.3) is 47.3 Å². The average Bonchev–Trinajstić information content (AvgIpc) is 1.66. The van der Waals surface area contributed by atoms with Crippen molar-refractivity contribution in [1.29, 1.82) is 0 Å². The Kier molecular flexibility index (Phi) is 33.2. The van der Waals surface area contributed by atoms with Crippen LogP contribution in [0.15, 0.2) is 49.1 Å². The number of nitrogens with one attached hydrogen (secondary N) is 8. The van der Waals surface area contributed by atoms with E-state index in [0.29, 0.717) is 119 Å². The van der Waals surface area contributed by atoms with Crippen LogP contribution in [-0.4, -0.2) is 262 Å². The predicted octanol–water partition coefficient (Wildman–Crippen LogP) is 14.1. The SMILES string of the molecule is CC[C@@H](C)Nc1cc(C)c(-c2sc(C(=O)NC3CN(C(C)=O)C3)nc2C(=O)N2CCC[C@@H]2C)cn1.CC[C@@H](C)Nc1cc(C)c(-c2sc(C(=O)N[C@@H]3CC[C@H]3O)nc2C(=O)N2CCC[C@@H]2C)cn1.CC[C@@H](C)Nc1cc(C)c(-c2sc(C(=O)N[C@H]3CC[C@@H]3O)nc2C(=O)N2CCC[C@@H]2C)cn1.Cc1cc(NC(C)(C)C)ncc1-c1sc(C(=O)N[C@H]2CC[C@@H]2O)nc1C(=O)N1CCC[C@@H]1C. The molecule has 8 aliphatic rings. The van der Waals surface area contributed by atoms with E-state index in [1.54, 1.807) is 29.7 Å². The zero-order chi connectivity index (χ0) is 96.6. The summed E-state index contributed by atoms with van der Waals surface area (Å²) in [5, 5.41) is 55.5. The summed E-state index contributed by atoms with van der Waals surface area (Å²) >= 11 is 4.85. The molecule has 5 saturated heterocycles. The van der Waals surface area contributed by atoms with Crippen LogP contribution >= 0.6 is 45.3 Å². The van der Waals surface area contributed by atoms with Gasteiger partial charge in [-0.1, -0.05) is 20.8 Å². The summed E-state index contributed by atoms with van der Waals surface area (Å²) in [5.41, 5.74) is 8.13. The van der Waals surface area contributed by atoms with Crippen molar-refractivity contribution in [2.75, 3.05) is 60.5 Å². The van der Waals surface area contributed by atoms with Gasteiger partial charge >= 0.3 is 0 Å². The minimum Gasteiger partial charge on any atom is -0.391 e. The van der Waals surface area contributed by atoms with Gasteiger partial charge in [-0.05, 0) is 253 Å². The van der Waals surface area contributed by atoms with Crippen LogP contribution in [0.2, 0.25) is 0 Å². The van der Waals surface area contributed by atoms with E-state index in [0.717, 1.165) is 158 Å². The number of amides is 9. The van der Waals surface area contributed by atoms with Crippen LogP contribution in [0.1, 0.15) is 310 Å². The molecule has 3 aliphatic carbocycles. The molecule has 0 spiro atoms. The molecule has 9 amide bonds. The molecule has 0 aromatic carbocycles. The number of nitrogens with zero attached hydrogens (tertiary/aromatic N) is 13. The van der Waals surface area contributed by atoms with Crippen LogP contribution in [0.5, 0.6) is 0 Å². The Balaban J connectivity index is 0.000000152. The number of carbonyl (C=O) groups is 9. The maximum Gasteiger partial charge on any atom is 0.280 e. The number of aryl methyl sites for hydroxylation is 4. The molecule has 33 nitrogen and oxygen atoms in total. The lowest BCUT2D eigenvalue weighted by Gasteiger charge is -2.38. The van der Waals surface area contributed by atoms with E-state index >= 15 is 0 Å². The van der Waals surface area contributed by atoms with E-state index in [4.69, 9.17) is 0 Å². The van der Waals surface area contributed by atoms with E-state index < -0.39 is 18.3 Å². The molecule has 134 heavy (non-hydrogen) atoms. The van der Waals surface area contributed by atoms with Crippen molar-refractivity contribution in [2.45, 2.75) is 324 Å². The molecular weight excluding hydrogens is 1780 g/mol. The van der Waals surface area contributed by atoms with E-state index in [1.165, 1.54) is 52.3 Å². The molecule has 5 aliphatic heterocycles. The van der Waals surface area contributed by atoms with Gasteiger partial charge in [-0.25, -0.2) is 39.9 Å². The van der Waals surface area contributed by atoms with Crippen LogP contribution in [0.25, 0.3) is 41.8 Å². The second kappa shape index (κ2) is 44.1. The molecule has 0 radical (unpaired) electrons. The first kappa shape index (κ1) is 101. The van der Waals surface area contributed by atoms with Crippen molar-refractivity contribution in [3.63, 3.8) is 0 Å². The summed E-state index contributed by atoms with van der Waals surface area (Å²) in [4.78, 5) is 165. The van der Waals surface area contributed by atoms with Crippen molar-refractivity contribution in [3.8, 4) is 41.8 Å². The Morgan fingerprint density at radius 1 is 0.396 bits per heavy atom. The smallest absolute Gasteiger partial charge is 0.280 e. The molecule has 8 aromatic rings. The Hall–Kier alpha value is -10.6. The van der Waals surface area contributed by atoms with Gasteiger partial charge in [0.2, 0.25) is 5.91 Å². The van der Waals surface area contributed by atoms with Crippen molar-refractivity contribution < 1.29 is 58.5 Å². The molecular formula is C97H133N21O12S4. The standard InChI is InChI=1S/C25H34N6O3S.3C24H33N5O3S/c1-6-15(3)27-20-10-14(2)19(11-26-20)22-21(25(34)31-9-7-8-16(31)4)29-24(35-22)23(33)28-18-12-30(13-18)17(5)32;1-13-11-18(28-24(3,4)5)25-12-15(13)20-19(23(32)29-10-6-7-14(29)2)27-22(33-20)21(31)26-16-8-9-17(16)30;2*1-5-14(3)26-19-11-13(2)16(12-25-19)21-20(24(32)29-10-6-7-15(29)4)28-23(33-21)22(31)27-17-8-9-18(17)30/h10-11,15-16,18H,6-9,12-13H2,1-5H3,(H,26,27)(H,28,33);11-12,14,16-17,30H,6-10H2,1-5H3,(H,25,28)(H,26,31);2*11-12,14-15,17-18,30H,5-10H2,1-4H3,(H,25,26)(H,27,31)/t15-,16+;14-,16-,17-;14-,15+,17+,18+;14-,15+,17-,18-/m1011/s1. The first-order valence-corrected chi connectivity index (χ1v) is 50.8. The third-order valence-electron chi connectivity index (χ3n) is 26.6. The number of thiazole rings is 4. The number of carbonyl (C=O) groups excluding carboxylic acids is 9. The average molecular weight is 1910 g/mol. The molecule has 3 saturated carbocycles. The highest BCUT2D eigenvalue weighted by Gasteiger charge is 2.41. The van der Waals surface area contributed by atoms with Crippen LogP contribution < -0.4 is 42.5 Å². The van der Waals surface area contributed by atoms with Crippen molar-refractivity contribution in [2.24, 2.45) is 0 Å². The van der Waals surface area contributed by atoms with Crippen LogP contribution in [0.3, 0.4) is 0 Å². The van der Waals surface area contributed by atoms with Crippen LogP contribution in [-0.2, 0) is 4.79 Å². The zero-order valence-corrected chi connectivity index (χ0v) is 83.7. The fourth-order valence-corrected chi connectivity index (χ4v) is 21.2. The van der Waals surface area contributed by atoms with E-state index in [1.807, 2.05) is 99.3 Å². The number of pyridine rings is 4. The first-order chi connectivity index (χ1) is 63.8. The monoisotopic (exact) mass is 1910 g/mol. The highest BCUT2D eigenvalue weighted by molar-refractivity contribution is 7.18. The van der Waals surface area contributed by atoms with Crippen molar-refractivity contribution >= 4 is 122 Å². The maximum atomic E-state index is 13.5. The largest absolute Gasteiger partial charge is 0.391 e. The Bertz CT molecular complexity index is 5440.